The fourth-order valence-electron chi connectivity index (χ4n) is 1.39. The van der Waals surface area contributed by atoms with Gasteiger partial charge in [-0.05, 0) is 30.3 Å². The summed E-state index contributed by atoms with van der Waals surface area (Å²) in [6, 6.07) is 7.46. The van der Waals surface area contributed by atoms with Gasteiger partial charge >= 0.3 is 0 Å². The number of halogens is 2. The predicted octanol–water partition coefficient (Wildman–Crippen LogP) is 3.25. The number of nitrogens with one attached hydrogen (secondary N) is 1. The van der Waals surface area contributed by atoms with E-state index in [9.17, 15) is 4.39 Å². The minimum Gasteiger partial charge on any atom is -0.388 e. The van der Waals surface area contributed by atoms with Gasteiger partial charge in [0.2, 0.25) is 0 Å². The third-order valence-corrected chi connectivity index (χ3v) is 2.76. The van der Waals surface area contributed by atoms with Gasteiger partial charge in [0.25, 0.3) is 0 Å². The molecule has 6 heteroatoms. The lowest BCUT2D eigenvalue weighted by Crippen LogP contribution is -2.11. The zero-order chi connectivity index (χ0) is 13.1. The van der Waals surface area contributed by atoms with E-state index in [1.165, 1.54) is 18.2 Å². The zero-order valence-electron chi connectivity index (χ0n) is 9.15. The van der Waals surface area contributed by atoms with Gasteiger partial charge in [-0.15, -0.1) is 0 Å². The quantitative estimate of drug-likeness (QED) is 0.848. The van der Waals surface area contributed by atoms with Crippen molar-refractivity contribution in [1.82, 2.24) is 4.98 Å². The molecule has 18 heavy (non-hydrogen) atoms. The van der Waals surface area contributed by atoms with Crippen LogP contribution >= 0.6 is 23.8 Å². The molecule has 1 aromatic carbocycles. The van der Waals surface area contributed by atoms with Crippen LogP contribution in [0.4, 0.5) is 15.8 Å². The van der Waals surface area contributed by atoms with E-state index in [2.05, 4.69) is 10.3 Å². The van der Waals surface area contributed by atoms with E-state index < -0.39 is 0 Å². The SMILES string of the molecule is NC(=S)c1cc(Nc2cc(F)ccc2Cl)ccn1. The number of nitrogens with two attached hydrogens (primary N) is 1. The molecule has 0 spiro atoms. The molecule has 0 aliphatic rings. The van der Waals surface area contributed by atoms with Crippen molar-refractivity contribution in [3.05, 3.63) is 53.1 Å². The summed E-state index contributed by atoms with van der Waals surface area (Å²) in [5.74, 6) is -0.370. The van der Waals surface area contributed by atoms with Gasteiger partial charge in [-0.25, -0.2) is 4.39 Å². The van der Waals surface area contributed by atoms with E-state index in [1.54, 1.807) is 18.3 Å². The Balaban J connectivity index is 2.31. The van der Waals surface area contributed by atoms with Gasteiger partial charge in [0, 0.05) is 11.9 Å². The molecule has 3 N–H and O–H groups in total. The second-order valence-corrected chi connectivity index (χ2v) is 4.39. The fraction of sp³-hybridized carbons (Fsp3) is 0. The van der Waals surface area contributed by atoms with Crippen molar-refractivity contribution in [2.75, 3.05) is 5.32 Å². The number of aromatic nitrogens is 1. The van der Waals surface area contributed by atoms with Crippen LogP contribution in [0.2, 0.25) is 5.02 Å². The van der Waals surface area contributed by atoms with Gasteiger partial charge in [0.1, 0.15) is 10.8 Å². The number of nitrogens with zero attached hydrogens (tertiary/aromatic N) is 1. The smallest absolute Gasteiger partial charge is 0.125 e. The van der Waals surface area contributed by atoms with Gasteiger partial charge in [-0.1, -0.05) is 23.8 Å². The van der Waals surface area contributed by atoms with Crippen molar-refractivity contribution in [2.24, 2.45) is 5.73 Å². The van der Waals surface area contributed by atoms with Crippen LogP contribution in [0.1, 0.15) is 5.69 Å². The predicted molar refractivity (Wildman–Crippen MR) is 74.8 cm³/mol. The molecule has 0 aliphatic carbocycles. The van der Waals surface area contributed by atoms with Crippen molar-refractivity contribution >= 4 is 40.2 Å². The Bertz CT molecular complexity index is 604. The third-order valence-electron chi connectivity index (χ3n) is 2.22. The van der Waals surface area contributed by atoms with Crippen LogP contribution in [0.25, 0.3) is 0 Å². The number of benzene rings is 1. The molecule has 0 atom stereocenters. The molecule has 1 aromatic heterocycles. The molecule has 0 unspecified atom stereocenters. The molecule has 0 saturated heterocycles. The number of hydrogen-bond donors (Lipinski definition) is 2. The summed E-state index contributed by atoms with van der Waals surface area (Å²) in [4.78, 5) is 4.21. The summed E-state index contributed by atoms with van der Waals surface area (Å²) in [6.07, 6.45) is 1.56. The van der Waals surface area contributed by atoms with Crippen LogP contribution in [0.3, 0.4) is 0 Å². The highest BCUT2D eigenvalue weighted by Gasteiger charge is 2.04. The van der Waals surface area contributed by atoms with E-state index >= 15 is 0 Å². The van der Waals surface area contributed by atoms with Crippen LogP contribution in [0.5, 0.6) is 0 Å². The van der Waals surface area contributed by atoms with Crippen molar-refractivity contribution in [2.45, 2.75) is 0 Å². The minimum absolute atomic E-state index is 0.198. The number of rotatable bonds is 3. The van der Waals surface area contributed by atoms with Gasteiger partial charge < -0.3 is 11.1 Å². The number of anilines is 2. The first kappa shape index (κ1) is 12.7. The minimum atomic E-state index is -0.370. The van der Waals surface area contributed by atoms with E-state index in [4.69, 9.17) is 29.6 Å². The lowest BCUT2D eigenvalue weighted by Gasteiger charge is -2.09. The second kappa shape index (κ2) is 5.29. The first-order valence-electron chi connectivity index (χ1n) is 5.04. The molecule has 2 rings (SSSR count). The van der Waals surface area contributed by atoms with Gasteiger partial charge in [-0.3, -0.25) is 4.98 Å². The highest BCUT2D eigenvalue weighted by molar-refractivity contribution is 7.80. The molecule has 0 amide bonds. The van der Waals surface area contributed by atoms with Crippen LogP contribution in [0.15, 0.2) is 36.5 Å². The highest BCUT2D eigenvalue weighted by Crippen LogP contribution is 2.26. The maximum Gasteiger partial charge on any atom is 0.125 e. The Kier molecular flexibility index (Phi) is 3.74. The number of pyridine rings is 1. The molecule has 3 nitrogen and oxygen atoms in total. The summed E-state index contributed by atoms with van der Waals surface area (Å²) in [5, 5.41) is 3.40. The third kappa shape index (κ3) is 2.94. The van der Waals surface area contributed by atoms with Crippen LogP contribution in [0, 0.1) is 5.82 Å². The highest BCUT2D eigenvalue weighted by atomic mass is 35.5. The summed E-state index contributed by atoms with van der Waals surface area (Å²) in [6.45, 7) is 0. The Labute approximate surface area is 114 Å². The molecule has 0 fully saturated rings. The average molecular weight is 282 g/mol. The summed E-state index contributed by atoms with van der Waals surface area (Å²) < 4.78 is 13.1. The van der Waals surface area contributed by atoms with Crippen molar-refractivity contribution in [3.8, 4) is 0 Å². The maximum atomic E-state index is 13.1. The normalized spacial score (nSPS) is 10.1. The standard InChI is InChI=1S/C12H9ClFN3S/c13-9-2-1-7(14)5-10(9)17-8-3-4-16-11(6-8)12(15)18/h1-6H,(H2,15,18)(H,16,17). The summed E-state index contributed by atoms with van der Waals surface area (Å²) in [5.41, 5.74) is 7.12. The average Bonchev–Trinajstić information content (AvgIpc) is 2.34. The van der Waals surface area contributed by atoms with E-state index in [0.29, 0.717) is 22.1 Å². The van der Waals surface area contributed by atoms with E-state index in [1.807, 2.05) is 0 Å². The Morgan fingerprint density at radius 1 is 1.33 bits per heavy atom. The van der Waals surface area contributed by atoms with Gasteiger partial charge in [-0.2, -0.15) is 0 Å². The Morgan fingerprint density at radius 2 is 2.11 bits per heavy atom. The maximum absolute atomic E-state index is 13.1. The monoisotopic (exact) mass is 281 g/mol. The number of thiocarbonyl (C=S) groups is 1. The van der Waals surface area contributed by atoms with Crippen molar-refractivity contribution in [1.29, 1.82) is 0 Å². The summed E-state index contributed by atoms with van der Waals surface area (Å²) in [7, 11) is 0. The van der Waals surface area contributed by atoms with Gasteiger partial charge in [0.15, 0.2) is 0 Å². The summed E-state index contributed by atoms with van der Waals surface area (Å²) >= 11 is 10.8. The Hall–Kier alpha value is -1.72. The fourth-order valence-corrected chi connectivity index (χ4v) is 1.67. The molecule has 2 aromatic rings. The largest absolute Gasteiger partial charge is 0.388 e. The number of hydrogen-bond acceptors (Lipinski definition) is 3. The van der Waals surface area contributed by atoms with E-state index in [-0.39, 0.29) is 10.8 Å². The molecule has 0 bridgehead atoms. The molecule has 0 aliphatic heterocycles. The van der Waals surface area contributed by atoms with Gasteiger partial charge in [0.05, 0.1) is 16.4 Å². The first-order valence-corrected chi connectivity index (χ1v) is 5.83. The first-order chi connectivity index (χ1) is 8.56. The van der Waals surface area contributed by atoms with Crippen molar-refractivity contribution < 1.29 is 4.39 Å². The topological polar surface area (TPSA) is 50.9 Å². The lowest BCUT2D eigenvalue weighted by molar-refractivity contribution is 0.628. The van der Waals surface area contributed by atoms with Crippen LogP contribution in [-0.4, -0.2) is 9.97 Å². The molecule has 1 heterocycles. The second-order valence-electron chi connectivity index (χ2n) is 3.54. The zero-order valence-corrected chi connectivity index (χ0v) is 10.7. The van der Waals surface area contributed by atoms with Crippen molar-refractivity contribution in [3.63, 3.8) is 0 Å². The van der Waals surface area contributed by atoms with E-state index in [0.717, 1.165) is 0 Å². The van der Waals surface area contributed by atoms with Crippen LogP contribution in [-0.2, 0) is 0 Å². The molecule has 92 valence electrons. The molecule has 0 saturated carbocycles. The Morgan fingerprint density at radius 3 is 2.83 bits per heavy atom. The van der Waals surface area contributed by atoms with Crippen LogP contribution < -0.4 is 11.1 Å². The molecular weight excluding hydrogens is 273 g/mol. The molecular formula is C12H9ClFN3S. The lowest BCUT2D eigenvalue weighted by atomic mass is 10.2. The molecule has 0 radical (unpaired) electrons.